The van der Waals surface area contributed by atoms with Gasteiger partial charge in [0.15, 0.2) is 0 Å². The van der Waals surface area contributed by atoms with E-state index >= 15 is 0 Å². The van der Waals surface area contributed by atoms with Crippen LogP contribution in [0.3, 0.4) is 0 Å². The third kappa shape index (κ3) is 4.23. The van der Waals surface area contributed by atoms with E-state index in [1.54, 1.807) is 29.5 Å². The van der Waals surface area contributed by atoms with Gasteiger partial charge in [-0.3, -0.25) is 9.59 Å². The number of carbonyl (C=O) groups is 1. The maximum Gasteiger partial charge on any atom is 0.275 e. The summed E-state index contributed by atoms with van der Waals surface area (Å²) in [6, 6.07) is 17.0. The van der Waals surface area contributed by atoms with Crippen LogP contribution in [0.2, 0.25) is 0 Å². The lowest BCUT2D eigenvalue weighted by molar-refractivity contribution is -0.121. The van der Waals surface area contributed by atoms with E-state index in [1.807, 2.05) is 41.8 Å². The minimum Gasteiger partial charge on any atom is -0.480 e. The van der Waals surface area contributed by atoms with E-state index in [2.05, 4.69) is 15.4 Å². The van der Waals surface area contributed by atoms with Gasteiger partial charge in [-0.15, -0.1) is 16.4 Å². The second-order valence-corrected chi connectivity index (χ2v) is 7.55. The molecular weight excluding hydrogens is 400 g/mol. The molecule has 1 N–H and O–H groups in total. The molecule has 2 aromatic carbocycles. The third-order valence-corrected chi connectivity index (χ3v) is 5.51. The fourth-order valence-electron chi connectivity index (χ4n) is 3.13. The first-order chi connectivity index (χ1) is 14.7. The highest BCUT2D eigenvalue weighted by Gasteiger charge is 2.13. The Morgan fingerprint density at radius 3 is 2.60 bits per heavy atom. The quantitative estimate of drug-likeness (QED) is 0.497. The van der Waals surface area contributed by atoms with E-state index in [0.29, 0.717) is 29.6 Å². The number of hydrogen-bond acceptors (Lipinski definition) is 6. The zero-order chi connectivity index (χ0) is 20.9. The van der Waals surface area contributed by atoms with Crippen LogP contribution in [0.4, 0.5) is 0 Å². The molecule has 0 saturated heterocycles. The Morgan fingerprint density at radius 1 is 1.10 bits per heavy atom. The first-order valence-corrected chi connectivity index (χ1v) is 10.3. The lowest BCUT2D eigenvalue weighted by Gasteiger charge is -2.10. The first-order valence-electron chi connectivity index (χ1n) is 9.46. The van der Waals surface area contributed by atoms with Gasteiger partial charge in [0.1, 0.15) is 6.54 Å². The van der Waals surface area contributed by atoms with Crippen molar-refractivity contribution >= 4 is 28.0 Å². The Morgan fingerprint density at radius 2 is 1.83 bits per heavy atom. The predicted molar refractivity (Wildman–Crippen MR) is 117 cm³/mol. The van der Waals surface area contributed by atoms with Crippen molar-refractivity contribution < 1.29 is 9.53 Å². The maximum absolute atomic E-state index is 12.6. The van der Waals surface area contributed by atoms with Gasteiger partial charge in [0.05, 0.1) is 28.6 Å². The summed E-state index contributed by atoms with van der Waals surface area (Å²) in [7, 11) is 1.49. The van der Waals surface area contributed by atoms with Crippen LogP contribution in [-0.2, 0) is 17.8 Å². The lowest BCUT2D eigenvalue weighted by atomic mass is 10.2. The molecule has 0 unspecified atom stereocenters. The molecule has 0 bridgehead atoms. The van der Waals surface area contributed by atoms with Crippen LogP contribution < -0.4 is 15.6 Å². The van der Waals surface area contributed by atoms with Crippen LogP contribution in [0.15, 0.2) is 64.8 Å². The number of ether oxygens (including phenoxy) is 1. The smallest absolute Gasteiger partial charge is 0.275 e. The molecule has 0 radical (unpaired) electrons. The second kappa shape index (κ2) is 8.87. The van der Waals surface area contributed by atoms with E-state index in [0.717, 1.165) is 20.9 Å². The Labute approximate surface area is 177 Å². The minimum absolute atomic E-state index is 0.173. The molecule has 4 rings (SSSR count). The number of nitrogens with one attached hydrogen (secondary N) is 1. The van der Waals surface area contributed by atoms with Gasteiger partial charge in [-0.05, 0) is 12.1 Å². The molecular formula is C22H20N4O3S. The fraction of sp³-hybridized carbons (Fsp3) is 0.182. The van der Waals surface area contributed by atoms with Crippen molar-refractivity contribution in [1.29, 1.82) is 0 Å². The number of rotatable bonds is 7. The Balaban J connectivity index is 1.38. The second-order valence-electron chi connectivity index (χ2n) is 6.61. The van der Waals surface area contributed by atoms with E-state index in [4.69, 9.17) is 4.74 Å². The monoisotopic (exact) mass is 420 g/mol. The summed E-state index contributed by atoms with van der Waals surface area (Å²) in [6.45, 7) is 0.257. The number of thiazole rings is 1. The molecule has 0 aliphatic carbocycles. The van der Waals surface area contributed by atoms with Crippen molar-refractivity contribution in [2.24, 2.45) is 0 Å². The molecule has 0 spiro atoms. The number of carbonyl (C=O) groups excluding carboxylic acids is 1. The van der Waals surface area contributed by atoms with Gasteiger partial charge in [0.25, 0.3) is 5.56 Å². The summed E-state index contributed by atoms with van der Waals surface area (Å²) in [6.07, 6.45) is 0.618. The van der Waals surface area contributed by atoms with Gasteiger partial charge < -0.3 is 10.1 Å². The molecule has 152 valence electrons. The highest BCUT2D eigenvalue weighted by Crippen LogP contribution is 2.21. The summed E-state index contributed by atoms with van der Waals surface area (Å²) in [5, 5.41) is 11.0. The number of methoxy groups -OCH3 is 1. The van der Waals surface area contributed by atoms with Crippen molar-refractivity contribution in [1.82, 2.24) is 20.1 Å². The number of fused-ring (bicyclic) bond motifs is 1. The van der Waals surface area contributed by atoms with E-state index < -0.39 is 0 Å². The van der Waals surface area contributed by atoms with Gasteiger partial charge in [-0.2, -0.15) is 0 Å². The number of aromatic nitrogens is 3. The van der Waals surface area contributed by atoms with Crippen molar-refractivity contribution in [2.75, 3.05) is 13.7 Å². The standard InChI is InChI=1S/C22H20N4O3S/c1-29-21-16-9-5-6-10-17(16)22(28)26(25-21)13-19(27)23-12-11-20-24-18(14-30-20)15-7-3-2-4-8-15/h2-10,14H,11-13H2,1H3,(H,23,27). The van der Waals surface area contributed by atoms with Gasteiger partial charge in [0, 0.05) is 23.9 Å². The van der Waals surface area contributed by atoms with Crippen LogP contribution in [-0.4, -0.2) is 34.3 Å². The number of nitrogens with zero attached hydrogens (tertiary/aromatic N) is 3. The van der Waals surface area contributed by atoms with Gasteiger partial charge in [-0.25, -0.2) is 9.67 Å². The van der Waals surface area contributed by atoms with Crippen LogP contribution >= 0.6 is 11.3 Å². The Hall–Kier alpha value is -3.52. The molecule has 2 aromatic heterocycles. The summed E-state index contributed by atoms with van der Waals surface area (Å²) in [5.41, 5.74) is 1.68. The number of amides is 1. The number of benzene rings is 2. The molecule has 1 amide bonds. The molecule has 0 atom stereocenters. The predicted octanol–water partition coefficient (Wildman–Crippen LogP) is 2.89. The summed E-state index contributed by atoms with van der Waals surface area (Å²) in [5.74, 6) is 0.0241. The van der Waals surface area contributed by atoms with E-state index in [1.165, 1.54) is 7.11 Å². The van der Waals surface area contributed by atoms with Crippen LogP contribution in [0.5, 0.6) is 5.88 Å². The topological polar surface area (TPSA) is 86.1 Å². The van der Waals surface area contributed by atoms with Crippen molar-refractivity contribution in [3.8, 4) is 17.1 Å². The Kier molecular flexibility index (Phi) is 5.85. The average Bonchev–Trinajstić information content (AvgIpc) is 3.25. The van der Waals surface area contributed by atoms with Gasteiger partial charge in [-0.1, -0.05) is 42.5 Å². The Bertz CT molecular complexity index is 1230. The first kappa shape index (κ1) is 19.8. The van der Waals surface area contributed by atoms with Gasteiger partial charge in [0.2, 0.25) is 11.8 Å². The highest BCUT2D eigenvalue weighted by atomic mass is 32.1. The van der Waals surface area contributed by atoms with E-state index in [9.17, 15) is 9.59 Å². The van der Waals surface area contributed by atoms with Gasteiger partial charge >= 0.3 is 0 Å². The number of hydrogen-bond donors (Lipinski definition) is 1. The molecule has 8 heteroatoms. The maximum atomic E-state index is 12.6. The lowest BCUT2D eigenvalue weighted by Crippen LogP contribution is -2.34. The normalized spacial score (nSPS) is 10.8. The average molecular weight is 420 g/mol. The molecule has 2 heterocycles. The zero-order valence-corrected chi connectivity index (χ0v) is 17.2. The van der Waals surface area contributed by atoms with E-state index in [-0.39, 0.29) is 18.0 Å². The van der Waals surface area contributed by atoms with Crippen molar-refractivity contribution in [3.63, 3.8) is 0 Å². The molecule has 4 aromatic rings. The largest absolute Gasteiger partial charge is 0.480 e. The fourth-order valence-corrected chi connectivity index (χ4v) is 3.94. The molecule has 30 heavy (non-hydrogen) atoms. The highest BCUT2D eigenvalue weighted by molar-refractivity contribution is 7.09. The summed E-state index contributed by atoms with van der Waals surface area (Å²) < 4.78 is 6.41. The molecule has 0 aliphatic heterocycles. The third-order valence-electron chi connectivity index (χ3n) is 4.60. The van der Waals surface area contributed by atoms with Crippen molar-refractivity contribution in [3.05, 3.63) is 75.3 Å². The van der Waals surface area contributed by atoms with Crippen LogP contribution in [0, 0.1) is 0 Å². The summed E-state index contributed by atoms with van der Waals surface area (Å²) in [4.78, 5) is 29.6. The summed E-state index contributed by atoms with van der Waals surface area (Å²) >= 11 is 1.56. The van der Waals surface area contributed by atoms with Crippen molar-refractivity contribution in [2.45, 2.75) is 13.0 Å². The molecule has 0 saturated carbocycles. The minimum atomic E-state index is -0.325. The zero-order valence-electron chi connectivity index (χ0n) is 16.4. The molecule has 0 aliphatic rings. The van der Waals surface area contributed by atoms with Crippen LogP contribution in [0.25, 0.3) is 22.0 Å². The molecule has 0 fully saturated rings. The van der Waals surface area contributed by atoms with Crippen LogP contribution in [0.1, 0.15) is 5.01 Å². The SMILES string of the molecule is COc1nn(CC(=O)NCCc2nc(-c3ccccc3)cs2)c(=O)c2ccccc12. The molecule has 7 nitrogen and oxygen atoms in total.